The van der Waals surface area contributed by atoms with Crippen molar-refractivity contribution in [1.29, 1.82) is 0 Å². The molecular weight excluding hydrogens is 220 g/mol. The van der Waals surface area contributed by atoms with Crippen LogP contribution in [0.3, 0.4) is 0 Å². The predicted molar refractivity (Wildman–Crippen MR) is 78.9 cm³/mol. The zero-order valence-electron chi connectivity index (χ0n) is 12.5. The summed E-state index contributed by atoms with van der Waals surface area (Å²) in [5.74, 6) is 0.689. The van der Waals surface area contributed by atoms with Crippen molar-refractivity contribution in [1.82, 2.24) is 9.78 Å². The van der Waals surface area contributed by atoms with Gasteiger partial charge in [-0.3, -0.25) is 4.68 Å². The number of hydrogen-bond acceptors (Lipinski definition) is 1. The van der Waals surface area contributed by atoms with E-state index in [0.717, 1.165) is 0 Å². The van der Waals surface area contributed by atoms with Crippen molar-refractivity contribution >= 4 is 0 Å². The molecule has 0 radical (unpaired) electrons. The summed E-state index contributed by atoms with van der Waals surface area (Å²) in [5.41, 5.74) is 1.31. The SMILES string of the molecule is CCCCCCC(CCCCC)c1ccn(C)n1. The number of rotatable bonds is 10. The molecule has 0 aliphatic heterocycles. The highest BCUT2D eigenvalue weighted by Gasteiger charge is 2.13. The lowest BCUT2D eigenvalue weighted by Crippen LogP contribution is -2.02. The molecule has 0 aliphatic carbocycles. The van der Waals surface area contributed by atoms with Crippen LogP contribution in [-0.4, -0.2) is 9.78 Å². The maximum atomic E-state index is 4.61. The maximum Gasteiger partial charge on any atom is 0.0655 e. The van der Waals surface area contributed by atoms with Crippen LogP contribution in [0.2, 0.25) is 0 Å². The van der Waals surface area contributed by atoms with Crippen molar-refractivity contribution < 1.29 is 0 Å². The molecule has 2 nitrogen and oxygen atoms in total. The fraction of sp³-hybridized carbons (Fsp3) is 0.812. The third-order valence-corrected chi connectivity index (χ3v) is 3.71. The third kappa shape index (κ3) is 5.70. The highest BCUT2D eigenvalue weighted by atomic mass is 15.2. The molecule has 1 heterocycles. The minimum atomic E-state index is 0.689. The van der Waals surface area contributed by atoms with Crippen molar-refractivity contribution in [3.63, 3.8) is 0 Å². The average molecular weight is 250 g/mol. The Morgan fingerprint density at radius 2 is 1.61 bits per heavy atom. The standard InChI is InChI=1S/C16H30N2/c1-4-6-8-10-12-15(11-9-7-5-2)16-13-14-18(3)17-16/h13-15H,4-12H2,1-3H3. The van der Waals surface area contributed by atoms with E-state index in [1.54, 1.807) is 0 Å². The summed E-state index contributed by atoms with van der Waals surface area (Å²) < 4.78 is 1.94. The normalized spacial score (nSPS) is 12.8. The molecule has 104 valence electrons. The second kappa shape index (κ2) is 9.18. The highest BCUT2D eigenvalue weighted by Crippen LogP contribution is 2.27. The first kappa shape index (κ1) is 15.3. The van der Waals surface area contributed by atoms with E-state index in [1.807, 2.05) is 11.7 Å². The largest absolute Gasteiger partial charge is 0.276 e. The Labute approximate surface area is 113 Å². The lowest BCUT2D eigenvalue weighted by molar-refractivity contribution is 0.488. The van der Waals surface area contributed by atoms with E-state index in [4.69, 9.17) is 0 Å². The molecular formula is C16H30N2. The van der Waals surface area contributed by atoms with Gasteiger partial charge in [-0.15, -0.1) is 0 Å². The molecule has 1 aromatic rings. The van der Waals surface area contributed by atoms with Crippen molar-refractivity contribution in [2.24, 2.45) is 7.05 Å². The van der Waals surface area contributed by atoms with Gasteiger partial charge in [-0.2, -0.15) is 5.10 Å². The second-order valence-electron chi connectivity index (χ2n) is 5.46. The minimum Gasteiger partial charge on any atom is -0.276 e. The van der Waals surface area contributed by atoms with E-state index in [-0.39, 0.29) is 0 Å². The van der Waals surface area contributed by atoms with Gasteiger partial charge in [-0.25, -0.2) is 0 Å². The average Bonchev–Trinajstić information content (AvgIpc) is 2.79. The quantitative estimate of drug-likeness (QED) is 0.531. The molecule has 1 rings (SSSR count). The van der Waals surface area contributed by atoms with Crippen LogP contribution in [0.15, 0.2) is 12.3 Å². The Balaban J connectivity index is 2.41. The summed E-state index contributed by atoms with van der Waals surface area (Å²) in [6.07, 6.45) is 14.2. The van der Waals surface area contributed by atoms with Crippen LogP contribution in [0.1, 0.15) is 83.2 Å². The molecule has 1 atom stereocenters. The van der Waals surface area contributed by atoms with Crippen molar-refractivity contribution in [2.75, 3.05) is 0 Å². The molecule has 18 heavy (non-hydrogen) atoms. The van der Waals surface area contributed by atoms with Gasteiger partial charge in [-0.1, -0.05) is 58.8 Å². The number of nitrogens with zero attached hydrogens (tertiary/aromatic N) is 2. The summed E-state index contributed by atoms with van der Waals surface area (Å²) in [4.78, 5) is 0. The van der Waals surface area contributed by atoms with Crippen LogP contribution in [0, 0.1) is 0 Å². The van der Waals surface area contributed by atoms with Gasteiger partial charge in [0.2, 0.25) is 0 Å². The van der Waals surface area contributed by atoms with E-state index in [2.05, 4.69) is 31.2 Å². The molecule has 2 heteroatoms. The van der Waals surface area contributed by atoms with E-state index >= 15 is 0 Å². The molecule has 0 N–H and O–H groups in total. The number of aryl methyl sites for hydroxylation is 1. The molecule has 0 aliphatic rings. The monoisotopic (exact) mass is 250 g/mol. The molecule has 0 bridgehead atoms. The van der Waals surface area contributed by atoms with E-state index in [9.17, 15) is 0 Å². The second-order valence-corrected chi connectivity index (χ2v) is 5.46. The lowest BCUT2D eigenvalue weighted by Gasteiger charge is -2.14. The van der Waals surface area contributed by atoms with Crippen molar-refractivity contribution in [3.8, 4) is 0 Å². The zero-order valence-corrected chi connectivity index (χ0v) is 12.5. The molecule has 0 amide bonds. The molecule has 0 saturated carbocycles. The van der Waals surface area contributed by atoms with Crippen LogP contribution in [-0.2, 0) is 7.05 Å². The van der Waals surface area contributed by atoms with Gasteiger partial charge in [0.15, 0.2) is 0 Å². The van der Waals surface area contributed by atoms with Gasteiger partial charge < -0.3 is 0 Å². The van der Waals surface area contributed by atoms with Crippen molar-refractivity contribution in [2.45, 2.75) is 77.6 Å². The molecule has 0 aromatic carbocycles. The fourth-order valence-electron chi connectivity index (χ4n) is 2.55. The van der Waals surface area contributed by atoms with Crippen LogP contribution in [0.25, 0.3) is 0 Å². The van der Waals surface area contributed by atoms with Crippen LogP contribution in [0.5, 0.6) is 0 Å². The Hall–Kier alpha value is -0.790. The topological polar surface area (TPSA) is 17.8 Å². The Morgan fingerprint density at radius 1 is 1.00 bits per heavy atom. The smallest absolute Gasteiger partial charge is 0.0655 e. The summed E-state index contributed by atoms with van der Waals surface area (Å²) in [6, 6.07) is 2.20. The van der Waals surface area contributed by atoms with Gasteiger partial charge in [0.25, 0.3) is 0 Å². The van der Waals surface area contributed by atoms with E-state index in [0.29, 0.717) is 5.92 Å². The predicted octanol–water partition coefficient (Wildman–Crippen LogP) is 5.05. The van der Waals surface area contributed by atoms with Gasteiger partial charge in [0, 0.05) is 19.2 Å². The highest BCUT2D eigenvalue weighted by molar-refractivity contribution is 5.06. The number of aromatic nitrogens is 2. The molecule has 0 saturated heterocycles. The Kier molecular flexibility index (Phi) is 7.79. The first-order valence-electron chi connectivity index (χ1n) is 7.77. The maximum absolute atomic E-state index is 4.61. The van der Waals surface area contributed by atoms with Crippen LogP contribution >= 0.6 is 0 Å². The van der Waals surface area contributed by atoms with Crippen LogP contribution < -0.4 is 0 Å². The third-order valence-electron chi connectivity index (χ3n) is 3.71. The summed E-state index contributed by atoms with van der Waals surface area (Å²) in [7, 11) is 2.02. The number of unbranched alkanes of at least 4 members (excludes halogenated alkanes) is 5. The first-order chi connectivity index (χ1) is 8.77. The fourth-order valence-corrected chi connectivity index (χ4v) is 2.55. The zero-order chi connectivity index (χ0) is 13.2. The Bertz CT molecular complexity index is 304. The Morgan fingerprint density at radius 3 is 2.17 bits per heavy atom. The molecule has 1 aromatic heterocycles. The number of hydrogen-bond donors (Lipinski definition) is 0. The molecule has 0 fully saturated rings. The molecule has 1 unspecified atom stereocenters. The molecule has 0 spiro atoms. The lowest BCUT2D eigenvalue weighted by atomic mass is 9.92. The summed E-state index contributed by atoms with van der Waals surface area (Å²) in [6.45, 7) is 4.55. The van der Waals surface area contributed by atoms with E-state index in [1.165, 1.54) is 63.5 Å². The van der Waals surface area contributed by atoms with E-state index < -0.39 is 0 Å². The van der Waals surface area contributed by atoms with Gasteiger partial charge in [0.05, 0.1) is 5.69 Å². The van der Waals surface area contributed by atoms with Gasteiger partial charge >= 0.3 is 0 Å². The van der Waals surface area contributed by atoms with Gasteiger partial charge in [0.1, 0.15) is 0 Å². The van der Waals surface area contributed by atoms with Crippen LogP contribution in [0.4, 0.5) is 0 Å². The van der Waals surface area contributed by atoms with Gasteiger partial charge in [-0.05, 0) is 18.9 Å². The van der Waals surface area contributed by atoms with Crippen molar-refractivity contribution in [3.05, 3.63) is 18.0 Å². The minimum absolute atomic E-state index is 0.689. The summed E-state index contributed by atoms with van der Waals surface area (Å²) >= 11 is 0. The first-order valence-corrected chi connectivity index (χ1v) is 7.77. The summed E-state index contributed by atoms with van der Waals surface area (Å²) in [5, 5.41) is 4.61.